The van der Waals surface area contributed by atoms with Crippen molar-refractivity contribution in [2.45, 2.75) is 12.5 Å². The molecule has 2 aromatic rings. The van der Waals surface area contributed by atoms with Crippen LogP contribution in [-0.4, -0.2) is 0 Å². The van der Waals surface area contributed by atoms with E-state index in [4.69, 9.17) is 27.9 Å². The molecule has 0 heterocycles. The van der Waals surface area contributed by atoms with Crippen molar-refractivity contribution < 1.29 is 9.13 Å². The van der Waals surface area contributed by atoms with Gasteiger partial charge in [0.2, 0.25) is 0 Å². The molecule has 2 rings (SSSR count). The Balaban J connectivity index is 2.10. The van der Waals surface area contributed by atoms with Gasteiger partial charge in [0.25, 0.3) is 0 Å². The molecule has 0 saturated heterocycles. The lowest BCUT2D eigenvalue weighted by molar-refractivity contribution is 0.303. The Bertz CT molecular complexity index is 543. The van der Waals surface area contributed by atoms with Crippen LogP contribution in [-0.2, 0) is 12.5 Å². The highest BCUT2D eigenvalue weighted by molar-refractivity contribution is 6.30. The van der Waals surface area contributed by atoms with E-state index < -0.39 is 0 Å². The summed E-state index contributed by atoms with van der Waals surface area (Å²) >= 11 is 11.6. The molecule has 0 N–H and O–H groups in total. The summed E-state index contributed by atoms with van der Waals surface area (Å²) in [5, 5.41) is 0.660. The minimum Gasteiger partial charge on any atom is -0.489 e. The second-order valence-corrected chi connectivity index (χ2v) is 4.51. The maximum atomic E-state index is 13.0. The normalized spacial score (nSPS) is 10.4. The topological polar surface area (TPSA) is 9.23 Å². The highest BCUT2D eigenvalue weighted by atomic mass is 35.5. The molecule has 94 valence electrons. The zero-order valence-corrected chi connectivity index (χ0v) is 11.0. The molecule has 0 spiro atoms. The van der Waals surface area contributed by atoms with E-state index in [0.717, 1.165) is 5.56 Å². The minimum atomic E-state index is -0.319. The van der Waals surface area contributed by atoms with Crippen molar-refractivity contribution in [3.8, 4) is 5.75 Å². The summed E-state index contributed by atoms with van der Waals surface area (Å²) in [4.78, 5) is 0. The van der Waals surface area contributed by atoms with Crippen molar-refractivity contribution in [2.24, 2.45) is 0 Å². The monoisotopic (exact) mass is 284 g/mol. The largest absolute Gasteiger partial charge is 0.489 e. The van der Waals surface area contributed by atoms with Crippen LogP contribution in [0.3, 0.4) is 0 Å². The average Bonchev–Trinajstić information content (AvgIpc) is 2.37. The Morgan fingerprint density at radius 2 is 1.94 bits per heavy atom. The van der Waals surface area contributed by atoms with Gasteiger partial charge in [-0.15, -0.1) is 11.6 Å². The first-order valence-electron chi connectivity index (χ1n) is 5.40. The lowest BCUT2D eigenvalue weighted by Crippen LogP contribution is -1.98. The van der Waals surface area contributed by atoms with Crippen LogP contribution in [0.5, 0.6) is 5.75 Å². The maximum absolute atomic E-state index is 13.0. The van der Waals surface area contributed by atoms with E-state index in [2.05, 4.69) is 0 Å². The molecule has 0 aliphatic heterocycles. The number of rotatable bonds is 4. The summed E-state index contributed by atoms with van der Waals surface area (Å²) in [6, 6.07) is 11.7. The number of hydrogen-bond acceptors (Lipinski definition) is 1. The van der Waals surface area contributed by atoms with Crippen LogP contribution in [0.1, 0.15) is 11.1 Å². The molecule has 0 fully saturated rings. The lowest BCUT2D eigenvalue weighted by atomic mass is 10.2. The van der Waals surface area contributed by atoms with Crippen LogP contribution in [0.15, 0.2) is 42.5 Å². The van der Waals surface area contributed by atoms with E-state index >= 15 is 0 Å². The van der Waals surface area contributed by atoms with E-state index in [1.165, 1.54) is 12.1 Å². The van der Waals surface area contributed by atoms with Crippen molar-refractivity contribution in [2.75, 3.05) is 0 Å². The van der Waals surface area contributed by atoms with Crippen LogP contribution in [0.4, 0.5) is 4.39 Å². The smallest absolute Gasteiger partial charge is 0.124 e. The second-order valence-electron chi connectivity index (χ2n) is 3.80. The molecular formula is C14H11Cl2FO. The SMILES string of the molecule is Fc1ccc(OCc2cccc(Cl)c2)c(CCl)c1. The highest BCUT2D eigenvalue weighted by Crippen LogP contribution is 2.23. The third-order valence-corrected chi connectivity index (χ3v) is 2.97. The van der Waals surface area contributed by atoms with Gasteiger partial charge in [-0.25, -0.2) is 4.39 Å². The van der Waals surface area contributed by atoms with Crippen molar-refractivity contribution in [1.82, 2.24) is 0 Å². The maximum Gasteiger partial charge on any atom is 0.124 e. The molecule has 18 heavy (non-hydrogen) atoms. The van der Waals surface area contributed by atoms with Crippen molar-refractivity contribution in [3.63, 3.8) is 0 Å². The van der Waals surface area contributed by atoms with E-state index in [1.807, 2.05) is 18.2 Å². The summed E-state index contributed by atoms with van der Waals surface area (Å²) in [6.07, 6.45) is 0. The second kappa shape index (κ2) is 6.07. The predicted molar refractivity (Wildman–Crippen MR) is 71.7 cm³/mol. The van der Waals surface area contributed by atoms with Crippen LogP contribution in [0, 0.1) is 5.82 Å². The first-order chi connectivity index (χ1) is 8.69. The van der Waals surface area contributed by atoms with Gasteiger partial charge in [0.05, 0.1) is 5.88 Å². The third kappa shape index (κ3) is 3.37. The predicted octanol–water partition coefficient (Wildman–Crippen LogP) is 4.80. The van der Waals surface area contributed by atoms with Gasteiger partial charge in [-0.05, 0) is 35.9 Å². The number of ether oxygens (including phenoxy) is 1. The minimum absolute atomic E-state index is 0.211. The van der Waals surface area contributed by atoms with E-state index in [9.17, 15) is 4.39 Å². The van der Waals surface area contributed by atoms with Gasteiger partial charge in [-0.2, -0.15) is 0 Å². The molecular weight excluding hydrogens is 274 g/mol. The first kappa shape index (κ1) is 13.2. The van der Waals surface area contributed by atoms with Gasteiger partial charge in [0.1, 0.15) is 18.2 Å². The molecule has 0 unspecified atom stereocenters. The third-order valence-electron chi connectivity index (χ3n) is 2.45. The summed E-state index contributed by atoms with van der Waals surface area (Å²) in [5.41, 5.74) is 1.59. The van der Waals surface area contributed by atoms with Crippen molar-refractivity contribution >= 4 is 23.2 Å². The summed E-state index contributed by atoms with van der Waals surface area (Å²) in [7, 11) is 0. The zero-order valence-electron chi connectivity index (χ0n) is 9.50. The molecule has 0 aromatic heterocycles. The Morgan fingerprint density at radius 3 is 2.67 bits per heavy atom. The van der Waals surface area contributed by atoms with Gasteiger partial charge in [0, 0.05) is 10.6 Å². The van der Waals surface area contributed by atoms with Gasteiger partial charge in [0.15, 0.2) is 0 Å². The van der Waals surface area contributed by atoms with Crippen molar-refractivity contribution in [3.05, 3.63) is 64.4 Å². The Labute approximate surface area is 115 Å². The van der Waals surface area contributed by atoms with Crippen LogP contribution >= 0.6 is 23.2 Å². The zero-order chi connectivity index (χ0) is 13.0. The van der Waals surface area contributed by atoms with E-state index in [1.54, 1.807) is 12.1 Å². The fourth-order valence-electron chi connectivity index (χ4n) is 1.58. The number of halogens is 3. The quantitative estimate of drug-likeness (QED) is 0.733. The summed E-state index contributed by atoms with van der Waals surface area (Å²) in [5.74, 6) is 0.481. The summed E-state index contributed by atoms with van der Waals surface area (Å²) < 4.78 is 18.6. The van der Waals surface area contributed by atoms with Crippen LogP contribution < -0.4 is 4.74 Å². The van der Waals surface area contributed by atoms with Crippen LogP contribution in [0.25, 0.3) is 0 Å². The van der Waals surface area contributed by atoms with E-state index in [-0.39, 0.29) is 11.7 Å². The first-order valence-corrected chi connectivity index (χ1v) is 6.32. The number of hydrogen-bond donors (Lipinski definition) is 0. The standard InChI is InChI=1S/C14H11Cl2FO/c15-8-11-7-13(17)4-5-14(11)18-9-10-2-1-3-12(16)6-10/h1-7H,8-9H2. The Morgan fingerprint density at radius 1 is 1.11 bits per heavy atom. The van der Waals surface area contributed by atoms with Gasteiger partial charge >= 0.3 is 0 Å². The Hall–Kier alpha value is -1.25. The lowest BCUT2D eigenvalue weighted by Gasteiger charge is -2.10. The van der Waals surface area contributed by atoms with Crippen molar-refractivity contribution in [1.29, 1.82) is 0 Å². The molecule has 0 radical (unpaired) electrons. The molecule has 0 aliphatic rings. The average molecular weight is 285 g/mol. The molecule has 2 aromatic carbocycles. The van der Waals surface area contributed by atoms with Crippen LogP contribution in [0.2, 0.25) is 5.02 Å². The summed E-state index contributed by atoms with van der Waals surface area (Å²) in [6.45, 7) is 0.371. The molecule has 0 atom stereocenters. The molecule has 0 saturated carbocycles. The molecule has 0 aliphatic carbocycles. The van der Waals surface area contributed by atoms with Gasteiger partial charge in [-0.1, -0.05) is 23.7 Å². The van der Waals surface area contributed by atoms with Gasteiger partial charge < -0.3 is 4.74 Å². The molecule has 4 heteroatoms. The molecule has 0 bridgehead atoms. The van der Waals surface area contributed by atoms with Gasteiger partial charge in [-0.3, -0.25) is 0 Å². The van der Waals surface area contributed by atoms with E-state index in [0.29, 0.717) is 22.9 Å². The Kier molecular flexibility index (Phi) is 4.45. The number of alkyl halides is 1. The molecule has 0 amide bonds. The fourth-order valence-corrected chi connectivity index (χ4v) is 2.00. The number of benzene rings is 2. The fraction of sp³-hybridized carbons (Fsp3) is 0.143. The molecule has 1 nitrogen and oxygen atoms in total. The highest BCUT2D eigenvalue weighted by Gasteiger charge is 2.05.